The van der Waals surface area contributed by atoms with Crippen LogP contribution in [-0.4, -0.2) is 16.7 Å². The quantitative estimate of drug-likeness (QED) is 0.848. The fourth-order valence-electron chi connectivity index (χ4n) is 1.33. The summed E-state index contributed by atoms with van der Waals surface area (Å²) in [7, 11) is 0. The Morgan fingerprint density at radius 3 is 3.06 bits per heavy atom. The van der Waals surface area contributed by atoms with Gasteiger partial charge in [0.15, 0.2) is 5.82 Å². The first-order valence-corrected chi connectivity index (χ1v) is 6.65. The zero-order valence-corrected chi connectivity index (χ0v) is 12.1. The van der Waals surface area contributed by atoms with Crippen molar-refractivity contribution < 1.29 is 4.52 Å². The van der Waals surface area contributed by atoms with Crippen LogP contribution in [0.3, 0.4) is 0 Å². The Kier molecular flexibility index (Phi) is 4.36. The maximum atomic E-state index is 5.95. The highest BCUT2D eigenvalue weighted by Crippen LogP contribution is 2.26. The van der Waals surface area contributed by atoms with Crippen LogP contribution in [-0.2, 0) is 6.54 Å². The maximum Gasteiger partial charge on any atom is 0.259 e. The van der Waals surface area contributed by atoms with Crippen molar-refractivity contribution in [2.24, 2.45) is 0 Å². The first-order chi connectivity index (χ1) is 8.20. The van der Waals surface area contributed by atoms with Crippen molar-refractivity contribution in [2.75, 3.05) is 6.54 Å². The zero-order chi connectivity index (χ0) is 12.3. The smallest absolute Gasteiger partial charge is 0.259 e. The molecule has 0 aliphatic heterocycles. The summed E-state index contributed by atoms with van der Waals surface area (Å²) in [6, 6.07) is 5.59. The molecule has 0 spiro atoms. The molecule has 4 nitrogen and oxygen atoms in total. The predicted octanol–water partition coefficient (Wildman–Crippen LogP) is 3.10. The van der Waals surface area contributed by atoms with Crippen LogP contribution >= 0.6 is 34.2 Å². The normalized spacial score (nSPS) is 10.8. The monoisotopic (exact) mass is 363 g/mol. The molecule has 1 aromatic heterocycles. The van der Waals surface area contributed by atoms with E-state index in [1.54, 1.807) is 0 Å². The Hall–Kier alpha value is -0.660. The third kappa shape index (κ3) is 3.17. The van der Waals surface area contributed by atoms with E-state index in [-0.39, 0.29) is 0 Å². The molecule has 0 amide bonds. The number of rotatable bonds is 4. The minimum absolute atomic E-state index is 0.504. The highest BCUT2D eigenvalue weighted by atomic mass is 127. The summed E-state index contributed by atoms with van der Waals surface area (Å²) in [5.41, 5.74) is 0.869. The van der Waals surface area contributed by atoms with Gasteiger partial charge in [0, 0.05) is 8.59 Å². The van der Waals surface area contributed by atoms with Crippen molar-refractivity contribution in [3.8, 4) is 11.5 Å². The summed E-state index contributed by atoms with van der Waals surface area (Å²) in [4.78, 5) is 4.32. The molecule has 0 atom stereocenters. The van der Waals surface area contributed by atoms with Crippen LogP contribution < -0.4 is 5.32 Å². The van der Waals surface area contributed by atoms with Gasteiger partial charge in [0.25, 0.3) is 5.89 Å². The second-order valence-corrected chi connectivity index (χ2v) is 5.02. The minimum Gasteiger partial charge on any atom is -0.334 e. The van der Waals surface area contributed by atoms with Crippen molar-refractivity contribution >= 4 is 34.2 Å². The number of aromatic nitrogens is 2. The third-order valence-electron chi connectivity index (χ3n) is 2.16. The Balaban J connectivity index is 2.27. The Morgan fingerprint density at radius 1 is 1.47 bits per heavy atom. The lowest BCUT2D eigenvalue weighted by atomic mass is 10.2. The van der Waals surface area contributed by atoms with E-state index in [0.29, 0.717) is 23.3 Å². The van der Waals surface area contributed by atoms with Gasteiger partial charge in [-0.1, -0.05) is 23.7 Å². The summed E-state index contributed by atoms with van der Waals surface area (Å²) in [6.45, 7) is 3.51. The lowest BCUT2D eigenvalue weighted by Crippen LogP contribution is -2.12. The summed E-state index contributed by atoms with van der Waals surface area (Å²) in [6.07, 6.45) is 0. The largest absolute Gasteiger partial charge is 0.334 e. The molecular weight excluding hydrogens is 352 g/mol. The fraction of sp³-hybridized carbons (Fsp3) is 0.273. The highest BCUT2D eigenvalue weighted by molar-refractivity contribution is 14.1. The zero-order valence-electron chi connectivity index (χ0n) is 9.20. The molecule has 0 unspecified atom stereocenters. The van der Waals surface area contributed by atoms with Gasteiger partial charge < -0.3 is 9.84 Å². The van der Waals surface area contributed by atoms with Gasteiger partial charge in [-0.05, 0) is 47.3 Å². The van der Waals surface area contributed by atoms with E-state index < -0.39 is 0 Å². The van der Waals surface area contributed by atoms with Gasteiger partial charge in [0.05, 0.1) is 12.1 Å². The van der Waals surface area contributed by atoms with Gasteiger partial charge >= 0.3 is 0 Å². The summed E-state index contributed by atoms with van der Waals surface area (Å²) in [5, 5.41) is 7.71. The topological polar surface area (TPSA) is 51.0 Å². The molecule has 1 N–H and O–H groups in total. The molecule has 0 aliphatic rings. The molecule has 1 heterocycles. The second-order valence-electron chi connectivity index (χ2n) is 3.42. The first kappa shape index (κ1) is 12.8. The number of halogens is 2. The molecule has 0 fully saturated rings. The van der Waals surface area contributed by atoms with Crippen molar-refractivity contribution in [3.63, 3.8) is 0 Å². The van der Waals surface area contributed by atoms with E-state index in [0.717, 1.165) is 15.7 Å². The molecule has 1 aromatic carbocycles. The maximum absolute atomic E-state index is 5.95. The van der Waals surface area contributed by atoms with E-state index in [4.69, 9.17) is 16.1 Å². The van der Waals surface area contributed by atoms with E-state index in [1.807, 2.05) is 25.1 Å². The Labute approximate surface area is 118 Å². The average molecular weight is 364 g/mol. The SMILES string of the molecule is CCNCc1noc(-c2cc(Cl)ccc2I)n1. The van der Waals surface area contributed by atoms with Crippen molar-refractivity contribution in [3.05, 3.63) is 32.6 Å². The van der Waals surface area contributed by atoms with Crippen LogP contribution in [0, 0.1) is 3.57 Å². The van der Waals surface area contributed by atoms with Gasteiger partial charge in [0.1, 0.15) is 0 Å². The average Bonchev–Trinajstić information content (AvgIpc) is 2.78. The number of nitrogens with one attached hydrogen (secondary N) is 1. The molecule has 2 aromatic rings. The number of benzene rings is 1. The van der Waals surface area contributed by atoms with Crippen molar-refractivity contribution in [1.82, 2.24) is 15.5 Å². The van der Waals surface area contributed by atoms with Gasteiger partial charge in [0.2, 0.25) is 0 Å². The standard InChI is InChI=1S/C11H11ClIN3O/c1-2-14-6-10-15-11(17-16-10)8-5-7(12)3-4-9(8)13/h3-5,14H,2,6H2,1H3. The molecule has 2 rings (SSSR count). The lowest BCUT2D eigenvalue weighted by Gasteiger charge is -1.98. The predicted molar refractivity (Wildman–Crippen MR) is 74.8 cm³/mol. The molecule has 90 valence electrons. The van der Waals surface area contributed by atoms with E-state index in [9.17, 15) is 0 Å². The summed E-state index contributed by atoms with van der Waals surface area (Å²) in [5.74, 6) is 1.16. The van der Waals surface area contributed by atoms with Gasteiger partial charge in [-0.25, -0.2) is 0 Å². The molecule has 0 saturated heterocycles. The van der Waals surface area contributed by atoms with Crippen LogP contribution in [0.4, 0.5) is 0 Å². The van der Waals surface area contributed by atoms with Crippen LogP contribution in [0.1, 0.15) is 12.7 Å². The van der Waals surface area contributed by atoms with E-state index >= 15 is 0 Å². The first-order valence-electron chi connectivity index (χ1n) is 5.19. The molecule has 0 radical (unpaired) electrons. The van der Waals surface area contributed by atoms with Crippen LogP contribution in [0.25, 0.3) is 11.5 Å². The molecule has 6 heteroatoms. The second kappa shape index (κ2) is 5.79. The van der Waals surface area contributed by atoms with E-state index in [2.05, 4.69) is 38.0 Å². The molecule has 0 saturated carbocycles. The van der Waals surface area contributed by atoms with E-state index in [1.165, 1.54) is 0 Å². The summed E-state index contributed by atoms with van der Waals surface area (Å²) < 4.78 is 6.25. The highest BCUT2D eigenvalue weighted by Gasteiger charge is 2.12. The van der Waals surface area contributed by atoms with Crippen LogP contribution in [0.15, 0.2) is 22.7 Å². The number of nitrogens with zero attached hydrogens (tertiary/aromatic N) is 2. The van der Waals surface area contributed by atoms with Crippen LogP contribution in [0.2, 0.25) is 5.02 Å². The van der Waals surface area contributed by atoms with Crippen molar-refractivity contribution in [1.29, 1.82) is 0 Å². The Bertz CT molecular complexity index is 515. The fourth-order valence-corrected chi connectivity index (χ4v) is 2.07. The van der Waals surface area contributed by atoms with Crippen molar-refractivity contribution in [2.45, 2.75) is 13.5 Å². The lowest BCUT2D eigenvalue weighted by molar-refractivity contribution is 0.419. The number of hydrogen-bond acceptors (Lipinski definition) is 4. The van der Waals surface area contributed by atoms with Crippen LogP contribution in [0.5, 0.6) is 0 Å². The molecule has 0 aliphatic carbocycles. The van der Waals surface area contributed by atoms with Gasteiger partial charge in [-0.2, -0.15) is 4.98 Å². The molecular formula is C11H11ClIN3O. The Morgan fingerprint density at radius 2 is 2.29 bits per heavy atom. The van der Waals surface area contributed by atoms with Gasteiger partial charge in [-0.15, -0.1) is 0 Å². The third-order valence-corrected chi connectivity index (χ3v) is 3.34. The van der Waals surface area contributed by atoms with Gasteiger partial charge in [-0.3, -0.25) is 0 Å². The minimum atomic E-state index is 0.504. The summed E-state index contributed by atoms with van der Waals surface area (Å²) >= 11 is 8.17. The molecule has 0 bridgehead atoms. The number of hydrogen-bond donors (Lipinski definition) is 1. The molecule has 17 heavy (non-hydrogen) atoms.